The fourth-order valence-electron chi connectivity index (χ4n) is 0.358. The van der Waals surface area contributed by atoms with Crippen molar-refractivity contribution in [3.05, 3.63) is 0 Å². The molecule has 0 aliphatic carbocycles. The molecule has 0 unspecified atom stereocenters. The van der Waals surface area contributed by atoms with E-state index in [0.717, 1.165) is 0 Å². The second kappa shape index (κ2) is 5.09. The molecule has 0 bridgehead atoms. The molecule has 0 atom stereocenters. The van der Waals surface area contributed by atoms with Gasteiger partial charge in [0.2, 0.25) is 0 Å². The lowest BCUT2D eigenvalue weighted by Crippen LogP contribution is -2.38. The largest absolute Gasteiger partial charge is 0.480 e. The Morgan fingerprint density at radius 3 is 1.54 bits per heavy atom. The summed E-state index contributed by atoms with van der Waals surface area (Å²) in [7, 11) is 0. The van der Waals surface area contributed by atoms with Crippen molar-refractivity contribution < 1.29 is 37.9 Å². The van der Waals surface area contributed by atoms with E-state index in [0.29, 0.717) is 0 Å². The molecule has 0 heterocycles. The van der Waals surface area contributed by atoms with E-state index in [4.69, 9.17) is 12.5 Å². The highest BCUT2D eigenvalue weighted by molar-refractivity contribution is 5.75. The van der Waals surface area contributed by atoms with Gasteiger partial charge < -0.3 is 15.3 Å². The van der Waals surface area contributed by atoms with E-state index in [1.807, 2.05) is 0 Å². The molecule has 0 aromatic heterocycles. The summed E-state index contributed by atoms with van der Waals surface area (Å²) in [4.78, 5) is 32.8. The first-order chi connectivity index (χ1) is 9.81. The molecule has 0 saturated heterocycles. The van der Waals surface area contributed by atoms with E-state index in [1.54, 1.807) is 0 Å². The Kier molecular flexibility index (Phi) is 1.28. The van der Waals surface area contributed by atoms with Gasteiger partial charge in [0, 0.05) is 0 Å². The van der Waals surface area contributed by atoms with Crippen LogP contribution in [0.5, 0.6) is 0 Å². The Bertz CT molecular complexity index is 401. The fraction of sp³-hybridized carbons (Fsp3) is 0.500. The van der Waals surface area contributed by atoms with E-state index in [-0.39, 0.29) is 0 Å². The Labute approximate surface area is 86.1 Å². The van der Waals surface area contributed by atoms with Gasteiger partial charge >= 0.3 is 17.9 Å². The zero-order chi connectivity index (χ0) is 17.9. The summed E-state index contributed by atoms with van der Waals surface area (Å²) in [6.45, 7) is -11.6. The third-order valence-electron chi connectivity index (χ3n) is 0.609. The van der Waals surface area contributed by atoms with E-state index in [2.05, 4.69) is 15.3 Å². The number of hydrogen-bond acceptors (Lipinski definition) is 7. The molecule has 0 rings (SSSR count). The maximum atomic E-state index is 11.2. The second-order valence-corrected chi connectivity index (χ2v) is 1.53. The van der Waals surface area contributed by atoms with Gasteiger partial charge in [-0.1, -0.05) is 0 Å². The molecular weight excluding hydrogens is 182 g/mol. The van der Waals surface area contributed by atoms with Crippen molar-refractivity contribution in [2.75, 3.05) is 19.5 Å². The molecule has 0 spiro atoms. The van der Waals surface area contributed by atoms with E-state index in [9.17, 15) is 14.4 Å². The van der Waals surface area contributed by atoms with E-state index < -0.39 is 42.3 Å². The van der Waals surface area contributed by atoms with Crippen LogP contribution in [-0.2, 0) is 14.4 Å². The Balaban J connectivity index is 6.30. The van der Waals surface area contributed by atoms with Crippen molar-refractivity contribution in [1.29, 1.82) is 4.29 Å². The van der Waals surface area contributed by atoms with Crippen molar-refractivity contribution in [1.82, 2.24) is 4.90 Å². The zero-order valence-corrected chi connectivity index (χ0v) is 5.90. The van der Waals surface area contributed by atoms with Crippen LogP contribution in [0.4, 0.5) is 0 Å². The van der Waals surface area contributed by atoms with Crippen molar-refractivity contribution in [2.45, 2.75) is 0 Å². The van der Waals surface area contributed by atoms with Gasteiger partial charge in [-0.05, 0) is 0 Å². The molecule has 7 nitrogen and oxygen atoms in total. The quantitative estimate of drug-likeness (QED) is 0.480. The highest BCUT2D eigenvalue weighted by Crippen LogP contribution is 1.87. The standard InChI is InChI=1S/C6H9NO6/c8-4(9)1-7(2-5(10)11)3-6(12)13/h1-3H2,(H,8,9)(H,10,11)(H,12,13)/i1D2,2D2,3D2/hD3. The third-order valence-corrected chi connectivity index (χ3v) is 0.609. The lowest BCUT2D eigenvalue weighted by Gasteiger charge is -2.14. The first-order valence-corrected chi connectivity index (χ1v) is 2.65. The number of carboxylic acids is 3. The van der Waals surface area contributed by atoms with Gasteiger partial charge in [0.1, 0.15) is 0 Å². The van der Waals surface area contributed by atoms with Crippen LogP contribution in [0.25, 0.3) is 4.29 Å². The predicted octanol–water partition coefficient (Wildman–Crippen LogP) is -1.46. The highest BCUT2D eigenvalue weighted by Gasteiger charge is 2.15. The molecule has 0 radical (unpaired) electrons. The smallest absolute Gasteiger partial charge is 0.317 e. The van der Waals surface area contributed by atoms with Gasteiger partial charge in [0.15, 0.2) is 0 Å². The van der Waals surface area contributed by atoms with Crippen LogP contribution in [0.3, 0.4) is 0 Å². The molecule has 0 aliphatic heterocycles. The summed E-state index contributed by atoms with van der Waals surface area (Å²) < 4.78 is 62.8. The maximum Gasteiger partial charge on any atom is 0.317 e. The summed E-state index contributed by atoms with van der Waals surface area (Å²) in [5, 5.41) is 9.83. The highest BCUT2D eigenvalue weighted by atomic mass is 16.4. The van der Waals surface area contributed by atoms with Crippen LogP contribution in [0, 0.1) is 0 Å². The predicted molar refractivity (Wildman–Crippen MR) is 39.3 cm³/mol. The van der Waals surface area contributed by atoms with Crippen LogP contribution < -0.4 is 0 Å². The molecule has 0 aliphatic rings. The maximum absolute atomic E-state index is 11.2. The van der Waals surface area contributed by atoms with Gasteiger partial charge in [-0.25, -0.2) is 0 Å². The molecule has 0 amide bonds. The van der Waals surface area contributed by atoms with Crippen molar-refractivity contribution in [3.8, 4) is 0 Å². The summed E-state index contributed by atoms with van der Waals surface area (Å²) >= 11 is 0. The molecule has 74 valence electrons. The van der Waals surface area contributed by atoms with Gasteiger partial charge in [0.25, 0.3) is 4.29 Å². The lowest BCUT2D eigenvalue weighted by molar-refractivity contribution is -0.144. The average Bonchev–Trinajstić information content (AvgIpc) is 2.42. The number of carbonyl (C=O) groups is 3. The Morgan fingerprint density at radius 1 is 1.00 bits per heavy atom. The third kappa shape index (κ3) is 6.76. The number of nitrogens with zero attached hydrogens (tertiary/aromatic N) is 1. The normalized spacial score (nSPS) is 22.4. The van der Waals surface area contributed by atoms with Crippen molar-refractivity contribution in [3.63, 3.8) is 0 Å². The molecule has 3 N–H and O–H groups in total. The fourth-order valence-corrected chi connectivity index (χ4v) is 0.358. The molecule has 7 heteroatoms. The molecule has 0 aromatic carbocycles. The first-order valence-electron chi connectivity index (χ1n) is 6.87. The van der Waals surface area contributed by atoms with Crippen LogP contribution >= 0.6 is 0 Å². The minimum Gasteiger partial charge on any atom is -0.480 e. The lowest BCUT2D eigenvalue weighted by atomic mass is 10.4. The van der Waals surface area contributed by atoms with Gasteiger partial charge in [-0.3, -0.25) is 19.3 Å². The summed E-state index contributed by atoms with van der Waals surface area (Å²) in [5.74, 6) is -6.55. The van der Waals surface area contributed by atoms with Crippen LogP contribution in [-0.4, -0.2) is 57.6 Å². The number of aliphatic carboxylic acids is 3. The van der Waals surface area contributed by atoms with Gasteiger partial charge in [-0.15, -0.1) is 0 Å². The van der Waals surface area contributed by atoms with Gasteiger partial charge in [-0.2, -0.15) is 0 Å². The number of hydrogen-bond donors (Lipinski definition) is 3. The summed E-state index contributed by atoms with van der Waals surface area (Å²) in [6, 6.07) is 0. The molecular formula is C6H9NO6. The zero-order valence-electron chi connectivity index (χ0n) is 14.9. The minimum atomic E-state index is -3.88. The van der Waals surface area contributed by atoms with Crippen LogP contribution in [0.2, 0.25) is 0 Å². The first kappa shape index (κ1) is 3.26. The second-order valence-electron chi connectivity index (χ2n) is 1.53. The molecule has 0 aromatic rings. The summed E-state index contributed by atoms with van der Waals surface area (Å²) in [5.41, 5.74) is 0. The van der Waals surface area contributed by atoms with Crippen LogP contribution in [0.15, 0.2) is 0 Å². The van der Waals surface area contributed by atoms with Gasteiger partial charge in [0.05, 0.1) is 27.7 Å². The SMILES string of the molecule is [2H]OC(=O)C([2H])([2H])N(C([2H])([2H])C(=O)O[2H])C([2H])([2H])C(=O)O[2H]. The van der Waals surface area contributed by atoms with Crippen molar-refractivity contribution in [2.24, 2.45) is 0 Å². The molecule has 13 heavy (non-hydrogen) atoms. The number of carboxylic acid groups (broad SMARTS) is 3. The molecule has 0 saturated carbocycles. The Hall–Kier alpha value is -1.63. The average molecular weight is 200 g/mol. The van der Waals surface area contributed by atoms with Crippen LogP contribution in [0.1, 0.15) is 8.22 Å². The summed E-state index contributed by atoms with van der Waals surface area (Å²) in [6.07, 6.45) is 0. The number of rotatable bonds is 6. The van der Waals surface area contributed by atoms with E-state index >= 15 is 0 Å². The minimum absolute atomic E-state index is 0.905. The van der Waals surface area contributed by atoms with Crippen molar-refractivity contribution >= 4 is 17.9 Å². The topological polar surface area (TPSA) is 115 Å². The van der Waals surface area contributed by atoms with E-state index in [1.165, 1.54) is 0 Å². The monoisotopic (exact) mass is 200 g/mol. The molecule has 0 fully saturated rings. The Morgan fingerprint density at radius 2 is 1.31 bits per heavy atom.